The van der Waals surface area contributed by atoms with Crippen LogP contribution < -0.4 is 5.32 Å². The zero-order valence-electron chi connectivity index (χ0n) is 16.9. The Kier molecular flexibility index (Phi) is 6.79. The molecule has 0 fully saturated rings. The van der Waals surface area contributed by atoms with Crippen LogP contribution in [0.4, 0.5) is 0 Å². The number of fused-ring (bicyclic) bond motifs is 1. The summed E-state index contributed by atoms with van der Waals surface area (Å²) in [4.78, 5) is 4.29. The first-order valence-corrected chi connectivity index (χ1v) is 9.86. The van der Waals surface area contributed by atoms with Crippen molar-refractivity contribution in [2.75, 3.05) is 13.2 Å². The van der Waals surface area contributed by atoms with Crippen molar-refractivity contribution in [3.05, 3.63) is 78.1 Å². The second-order valence-electron chi connectivity index (χ2n) is 8.01. The van der Waals surface area contributed by atoms with Crippen LogP contribution in [0.15, 0.2) is 66.9 Å². The average molecular weight is 379 g/mol. The lowest BCUT2D eigenvalue weighted by Crippen LogP contribution is -2.46. The molecule has 0 bridgehead atoms. The summed E-state index contributed by atoms with van der Waals surface area (Å²) in [6.45, 7) is 7.02. The summed E-state index contributed by atoms with van der Waals surface area (Å²) in [6, 6.07) is 20.7. The summed E-state index contributed by atoms with van der Waals surface area (Å²) in [5.41, 5.74) is 2.03. The number of benzene rings is 2. The van der Waals surface area contributed by atoms with Crippen LogP contribution in [-0.4, -0.2) is 34.9 Å². The topological polar surface area (TPSA) is 54.4 Å². The van der Waals surface area contributed by atoms with Crippen LogP contribution in [0.25, 0.3) is 10.8 Å². The van der Waals surface area contributed by atoms with E-state index in [-0.39, 0.29) is 18.2 Å². The van der Waals surface area contributed by atoms with Crippen molar-refractivity contribution in [2.24, 2.45) is 0 Å². The molecule has 1 unspecified atom stereocenters. The van der Waals surface area contributed by atoms with E-state index in [2.05, 4.69) is 66.6 Å². The van der Waals surface area contributed by atoms with E-state index in [1.165, 1.54) is 16.3 Å². The van der Waals surface area contributed by atoms with Gasteiger partial charge in [-0.2, -0.15) is 0 Å². The number of hydrogen-bond acceptors (Lipinski definition) is 4. The van der Waals surface area contributed by atoms with Crippen LogP contribution in [0.5, 0.6) is 0 Å². The van der Waals surface area contributed by atoms with E-state index in [1.807, 2.05) is 25.1 Å². The molecule has 0 radical (unpaired) electrons. The Morgan fingerprint density at radius 2 is 1.79 bits per heavy atom. The van der Waals surface area contributed by atoms with Gasteiger partial charge in [0.1, 0.15) is 0 Å². The van der Waals surface area contributed by atoms with Crippen molar-refractivity contribution in [1.82, 2.24) is 10.3 Å². The Hall–Kier alpha value is -2.27. The van der Waals surface area contributed by atoms with Crippen molar-refractivity contribution in [1.29, 1.82) is 0 Å². The van der Waals surface area contributed by atoms with Crippen LogP contribution in [0.2, 0.25) is 0 Å². The highest BCUT2D eigenvalue weighted by atomic mass is 16.5. The molecule has 0 aliphatic carbocycles. The predicted molar refractivity (Wildman–Crippen MR) is 114 cm³/mol. The number of pyridine rings is 1. The fourth-order valence-electron chi connectivity index (χ4n) is 3.33. The zero-order chi connectivity index (χ0) is 20.0. The molecule has 0 aliphatic heterocycles. The first-order valence-electron chi connectivity index (χ1n) is 9.86. The molecule has 2 N–H and O–H groups in total. The predicted octanol–water partition coefficient (Wildman–Crippen LogP) is 4.28. The molecule has 0 saturated carbocycles. The molecular formula is C24H30N2O2. The smallest absolute Gasteiger partial charge is 0.0967 e. The van der Waals surface area contributed by atoms with Crippen molar-refractivity contribution < 1.29 is 9.84 Å². The number of β-amino-alcohol motifs (C(OH)–C–C–N with tert-alkyl or cyclic N) is 1. The maximum Gasteiger partial charge on any atom is 0.0967 e. The van der Waals surface area contributed by atoms with E-state index in [0.717, 1.165) is 12.1 Å². The van der Waals surface area contributed by atoms with E-state index in [9.17, 15) is 5.11 Å². The van der Waals surface area contributed by atoms with Gasteiger partial charge in [-0.1, -0.05) is 48.5 Å². The molecule has 0 saturated heterocycles. The van der Waals surface area contributed by atoms with Gasteiger partial charge in [-0.25, -0.2) is 0 Å². The number of aliphatic hydroxyl groups excluding tert-OH is 1. The minimum Gasteiger partial charge on any atom is -0.389 e. The standard InChI is InChI=1S/C24H30N2O2/c1-18(23-10-6-7-13-25-23)28-17-22(27)16-26-24(2,3)15-19-11-12-20-8-4-5-9-21(20)14-19/h4-14,18,22,26-27H,15-17H2,1-3H3/t18?,22-/m1/s1. The molecule has 3 rings (SSSR count). The second kappa shape index (κ2) is 9.28. The Morgan fingerprint density at radius 1 is 1.04 bits per heavy atom. The molecule has 148 valence electrons. The van der Waals surface area contributed by atoms with Gasteiger partial charge < -0.3 is 15.2 Å². The van der Waals surface area contributed by atoms with Crippen LogP contribution in [-0.2, 0) is 11.2 Å². The van der Waals surface area contributed by atoms with Gasteiger partial charge in [-0.3, -0.25) is 4.98 Å². The van der Waals surface area contributed by atoms with E-state index in [0.29, 0.717) is 6.54 Å². The summed E-state index contributed by atoms with van der Waals surface area (Å²) in [5, 5.41) is 16.3. The molecule has 0 spiro atoms. The second-order valence-corrected chi connectivity index (χ2v) is 8.01. The van der Waals surface area contributed by atoms with Gasteiger partial charge in [0.2, 0.25) is 0 Å². The average Bonchev–Trinajstić information content (AvgIpc) is 2.71. The highest BCUT2D eigenvalue weighted by Crippen LogP contribution is 2.20. The Morgan fingerprint density at radius 3 is 2.54 bits per heavy atom. The maximum atomic E-state index is 10.3. The number of aliphatic hydroxyl groups is 1. The zero-order valence-corrected chi connectivity index (χ0v) is 16.9. The number of ether oxygens (including phenoxy) is 1. The van der Waals surface area contributed by atoms with E-state index in [1.54, 1.807) is 6.20 Å². The molecule has 4 nitrogen and oxygen atoms in total. The molecule has 2 aromatic carbocycles. The molecule has 4 heteroatoms. The third-order valence-electron chi connectivity index (χ3n) is 4.92. The molecule has 2 atom stereocenters. The summed E-state index contributed by atoms with van der Waals surface area (Å²) in [7, 11) is 0. The number of nitrogens with one attached hydrogen (secondary N) is 1. The quantitative estimate of drug-likeness (QED) is 0.583. The monoisotopic (exact) mass is 378 g/mol. The minimum absolute atomic E-state index is 0.129. The fourth-order valence-corrected chi connectivity index (χ4v) is 3.33. The largest absolute Gasteiger partial charge is 0.389 e. The number of nitrogens with zero attached hydrogens (tertiary/aromatic N) is 1. The number of aromatic nitrogens is 1. The molecular weight excluding hydrogens is 348 g/mol. The molecule has 0 aliphatic rings. The summed E-state index contributed by atoms with van der Waals surface area (Å²) < 4.78 is 5.77. The lowest BCUT2D eigenvalue weighted by atomic mass is 9.93. The van der Waals surface area contributed by atoms with Gasteiger partial charge in [-0.05, 0) is 55.7 Å². The Balaban J connectivity index is 1.48. The normalized spacial score (nSPS) is 14.1. The van der Waals surface area contributed by atoms with E-state index < -0.39 is 6.10 Å². The first-order chi connectivity index (χ1) is 13.4. The van der Waals surface area contributed by atoms with Gasteiger partial charge in [0.25, 0.3) is 0 Å². The molecule has 28 heavy (non-hydrogen) atoms. The molecule has 1 aromatic heterocycles. The highest BCUT2D eigenvalue weighted by molar-refractivity contribution is 5.83. The van der Waals surface area contributed by atoms with E-state index in [4.69, 9.17) is 4.74 Å². The molecule has 0 amide bonds. The van der Waals surface area contributed by atoms with Gasteiger partial charge in [-0.15, -0.1) is 0 Å². The Bertz CT molecular complexity index is 880. The highest BCUT2D eigenvalue weighted by Gasteiger charge is 2.20. The molecule has 3 aromatic rings. The fraction of sp³-hybridized carbons (Fsp3) is 0.375. The van der Waals surface area contributed by atoms with Crippen LogP contribution in [0, 0.1) is 0 Å². The summed E-state index contributed by atoms with van der Waals surface area (Å²) in [6.07, 6.45) is 1.93. The molecule has 1 heterocycles. The van der Waals surface area contributed by atoms with Crippen molar-refractivity contribution in [2.45, 2.75) is 44.9 Å². The number of hydrogen-bond donors (Lipinski definition) is 2. The minimum atomic E-state index is -0.568. The van der Waals surface area contributed by atoms with Crippen LogP contribution in [0.3, 0.4) is 0 Å². The van der Waals surface area contributed by atoms with Gasteiger partial charge in [0.05, 0.1) is 24.5 Å². The first kappa shape index (κ1) is 20.5. The lowest BCUT2D eigenvalue weighted by molar-refractivity contribution is -0.00574. The van der Waals surface area contributed by atoms with Crippen LogP contribution >= 0.6 is 0 Å². The number of rotatable bonds is 9. The summed E-state index contributed by atoms with van der Waals surface area (Å²) >= 11 is 0. The SMILES string of the molecule is CC(OC[C@H](O)CNC(C)(C)Cc1ccc2ccccc2c1)c1ccccn1. The summed E-state index contributed by atoms with van der Waals surface area (Å²) in [5.74, 6) is 0. The third-order valence-corrected chi connectivity index (χ3v) is 4.92. The van der Waals surface area contributed by atoms with Gasteiger partial charge in [0.15, 0.2) is 0 Å². The maximum absolute atomic E-state index is 10.3. The van der Waals surface area contributed by atoms with Gasteiger partial charge in [0, 0.05) is 18.3 Å². The van der Waals surface area contributed by atoms with E-state index >= 15 is 0 Å². The van der Waals surface area contributed by atoms with Crippen molar-refractivity contribution >= 4 is 10.8 Å². The van der Waals surface area contributed by atoms with Crippen LogP contribution in [0.1, 0.15) is 38.1 Å². The van der Waals surface area contributed by atoms with Gasteiger partial charge >= 0.3 is 0 Å². The van der Waals surface area contributed by atoms with Crippen molar-refractivity contribution in [3.8, 4) is 0 Å². The lowest BCUT2D eigenvalue weighted by Gasteiger charge is -2.28. The van der Waals surface area contributed by atoms with Crippen molar-refractivity contribution in [3.63, 3.8) is 0 Å². The third kappa shape index (κ3) is 5.86. The Labute approximate surface area is 167 Å².